The Kier molecular flexibility index (Phi) is 7.49. The molecule has 1 aliphatic heterocycles. The van der Waals surface area contributed by atoms with E-state index in [-0.39, 0.29) is 5.91 Å². The zero-order chi connectivity index (χ0) is 20.6. The summed E-state index contributed by atoms with van der Waals surface area (Å²) in [6, 6.07) is 8.61. The number of aliphatic imine (C=N–C) groups is 1. The van der Waals surface area contributed by atoms with Gasteiger partial charge in [0, 0.05) is 45.7 Å². The summed E-state index contributed by atoms with van der Waals surface area (Å²) in [6.07, 6.45) is 4.94. The van der Waals surface area contributed by atoms with Crippen LogP contribution in [0.3, 0.4) is 0 Å². The Hall–Kier alpha value is -2.57. The molecule has 2 aromatic rings. The number of nitrogens with zero attached hydrogens (tertiary/aromatic N) is 4. The van der Waals surface area contributed by atoms with Gasteiger partial charge in [-0.15, -0.1) is 0 Å². The van der Waals surface area contributed by atoms with Gasteiger partial charge in [0.05, 0.1) is 11.0 Å². The van der Waals surface area contributed by atoms with Gasteiger partial charge >= 0.3 is 0 Å². The Labute approximate surface area is 173 Å². The van der Waals surface area contributed by atoms with Crippen LogP contribution in [0.15, 0.2) is 29.3 Å². The van der Waals surface area contributed by atoms with Crippen LogP contribution in [0.5, 0.6) is 0 Å². The van der Waals surface area contributed by atoms with Crippen LogP contribution in [0.25, 0.3) is 11.0 Å². The lowest BCUT2D eigenvalue weighted by atomic mass is 10.0. The minimum absolute atomic E-state index is 0.239. The van der Waals surface area contributed by atoms with Gasteiger partial charge in [0.25, 0.3) is 0 Å². The van der Waals surface area contributed by atoms with E-state index in [1.54, 1.807) is 7.05 Å². The van der Waals surface area contributed by atoms with Crippen molar-refractivity contribution in [3.05, 3.63) is 30.1 Å². The van der Waals surface area contributed by atoms with Gasteiger partial charge in [-0.1, -0.05) is 12.1 Å². The van der Waals surface area contributed by atoms with Crippen molar-refractivity contribution >= 4 is 22.9 Å². The zero-order valence-electron chi connectivity index (χ0n) is 17.9. The lowest BCUT2D eigenvalue weighted by molar-refractivity contribution is -0.134. The number of para-hydroxylation sites is 2. The fraction of sp³-hybridized carbons (Fsp3) is 0.591. The summed E-state index contributed by atoms with van der Waals surface area (Å²) in [5, 5.41) is 6.60. The van der Waals surface area contributed by atoms with Gasteiger partial charge in [-0.2, -0.15) is 0 Å². The van der Waals surface area contributed by atoms with Crippen molar-refractivity contribution in [1.29, 1.82) is 0 Å². The molecule has 1 aliphatic rings. The third kappa shape index (κ3) is 5.49. The maximum absolute atomic E-state index is 12.4. The van der Waals surface area contributed by atoms with Crippen molar-refractivity contribution in [3.63, 3.8) is 0 Å². The molecular formula is C22H34N6O. The molecule has 158 valence electrons. The summed E-state index contributed by atoms with van der Waals surface area (Å²) >= 11 is 0. The number of nitrogens with one attached hydrogen (secondary N) is 2. The number of amides is 1. The number of hydrogen-bond donors (Lipinski definition) is 2. The highest BCUT2D eigenvalue weighted by atomic mass is 16.2. The van der Waals surface area contributed by atoms with Gasteiger partial charge in [-0.25, -0.2) is 4.98 Å². The van der Waals surface area contributed by atoms with E-state index in [0.717, 1.165) is 56.2 Å². The molecular weight excluding hydrogens is 364 g/mol. The van der Waals surface area contributed by atoms with Gasteiger partial charge in [0.2, 0.25) is 5.91 Å². The molecule has 0 spiro atoms. The van der Waals surface area contributed by atoms with Crippen LogP contribution < -0.4 is 10.6 Å². The zero-order valence-corrected chi connectivity index (χ0v) is 17.9. The molecule has 7 heteroatoms. The number of benzene rings is 1. The summed E-state index contributed by atoms with van der Waals surface area (Å²) in [4.78, 5) is 23.3. The first-order valence-electron chi connectivity index (χ1n) is 10.8. The lowest BCUT2D eigenvalue weighted by Crippen LogP contribution is -2.44. The maximum Gasteiger partial charge on any atom is 0.224 e. The predicted octanol–water partition coefficient (Wildman–Crippen LogP) is 2.69. The molecule has 29 heavy (non-hydrogen) atoms. The molecule has 1 fully saturated rings. The van der Waals surface area contributed by atoms with E-state index in [4.69, 9.17) is 0 Å². The highest BCUT2D eigenvalue weighted by Gasteiger charge is 2.22. The highest BCUT2D eigenvalue weighted by molar-refractivity contribution is 5.81. The summed E-state index contributed by atoms with van der Waals surface area (Å²) in [6.45, 7) is 7.41. The Morgan fingerprint density at radius 2 is 2.03 bits per heavy atom. The van der Waals surface area contributed by atoms with Crippen LogP contribution in [0.2, 0.25) is 0 Å². The fourth-order valence-corrected chi connectivity index (χ4v) is 4.04. The Bertz CT molecular complexity index is 843. The molecule has 1 aromatic heterocycles. The molecule has 1 saturated heterocycles. The fourth-order valence-electron chi connectivity index (χ4n) is 4.04. The Morgan fingerprint density at radius 1 is 1.24 bits per heavy atom. The smallest absolute Gasteiger partial charge is 0.224 e. The van der Waals surface area contributed by atoms with Crippen molar-refractivity contribution in [2.75, 3.05) is 26.7 Å². The number of piperidine rings is 1. The topological polar surface area (TPSA) is 74.5 Å². The first-order valence-corrected chi connectivity index (χ1v) is 10.8. The predicted molar refractivity (Wildman–Crippen MR) is 118 cm³/mol. The molecule has 7 nitrogen and oxygen atoms in total. The van der Waals surface area contributed by atoms with E-state index in [0.29, 0.717) is 19.0 Å². The highest BCUT2D eigenvalue weighted by Crippen LogP contribution is 2.17. The Morgan fingerprint density at radius 3 is 2.83 bits per heavy atom. The molecule has 2 heterocycles. The second-order valence-electron chi connectivity index (χ2n) is 7.76. The van der Waals surface area contributed by atoms with Crippen LogP contribution in [0, 0.1) is 6.92 Å². The number of likely N-dealkylation sites (tertiary alicyclic amines) is 1. The minimum Gasteiger partial charge on any atom is -0.356 e. The van der Waals surface area contributed by atoms with Gasteiger partial charge in [-0.05, 0) is 51.7 Å². The number of carbonyl (C=O) groups is 1. The maximum atomic E-state index is 12.4. The van der Waals surface area contributed by atoms with Crippen LogP contribution in [-0.2, 0) is 11.3 Å². The van der Waals surface area contributed by atoms with Crippen molar-refractivity contribution in [2.24, 2.45) is 4.99 Å². The van der Waals surface area contributed by atoms with E-state index in [2.05, 4.69) is 50.3 Å². The number of guanidine groups is 1. The van der Waals surface area contributed by atoms with E-state index >= 15 is 0 Å². The molecule has 1 amide bonds. The third-order valence-corrected chi connectivity index (χ3v) is 5.67. The first kappa shape index (κ1) is 21.1. The standard InChI is InChI=1S/C22H34N6O/c1-17-9-6-7-15-27(17)21(29)12-14-25-22(23-3)24-13-8-16-28-18(2)26-19-10-4-5-11-20(19)28/h4-5,10-11,17H,6-9,12-16H2,1-3H3,(H2,23,24,25). The second kappa shape index (κ2) is 10.3. The molecule has 3 rings (SSSR count). The second-order valence-corrected chi connectivity index (χ2v) is 7.76. The van der Waals surface area contributed by atoms with Gasteiger partial charge in [-0.3, -0.25) is 9.79 Å². The number of fused-ring (bicyclic) bond motifs is 1. The van der Waals surface area contributed by atoms with Crippen LogP contribution in [-0.4, -0.2) is 59.0 Å². The molecule has 1 aromatic carbocycles. The van der Waals surface area contributed by atoms with Crippen LogP contribution >= 0.6 is 0 Å². The molecule has 1 atom stereocenters. The molecule has 0 radical (unpaired) electrons. The average molecular weight is 399 g/mol. The van der Waals surface area contributed by atoms with Crippen molar-refractivity contribution in [2.45, 2.75) is 58.5 Å². The molecule has 0 saturated carbocycles. The monoisotopic (exact) mass is 398 g/mol. The number of aryl methyl sites for hydroxylation is 2. The first-order chi connectivity index (χ1) is 14.1. The van der Waals surface area contributed by atoms with Crippen LogP contribution in [0.4, 0.5) is 0 Å². The number of imidazole rings is 1. The molecule has 0 bridgehead atoms. The SMILES string of the molecule is CN=C(NCCCn1c(C)nc2ccccc21)NCCC(=O)N1CCCCC1C. The normalized spacial score (nSPS) is 17.6. The van der Waals surface area contributed by atoms with E-state index in [1.165, 1.54) is 11.9 Å². The van der Waals surface area contributed by atoms with Gasteiger partial charge < -0.3 is 20.1 Å². The molecule has 0 aliphatic carbocycles. The minimum atomic E-state index is 0.239. The number of carbonyl (C=O) groups excluding carboxylic acids is 1. The van der Waals surface area contributed by atoms with Crippen molar-refractivity contribution in [1.82, 2.24) is 25.1 Å². The lowest BCUT2D eigenvalue weighted by Gasteiger charge is -2.33. The molecule has 1 unspecified atom stereocenters. The quantitative estimate of drug-likeness (QED) is 0.427. The van der Waals surface area contributed by atoms with E-state index in [1.807, 2.05) is 17.9 Å². The van der Waals surface area contributed by atoms with Crippen molar-refractivity contribution < 1.29 is 4.79 Å². The number of hydrogen-bond acceptors (Lipinski definition) is 3. The van der Waals surface area contributed by atoms with Crippen LogP contribution in [0.1, 0.15) is 44.9 Å². The average Bonchev–Trinajstić information content (AvgIpc) is 3.05. The third-order valence-electron chi connectivity index (χ3n) is 5.67. The largest absolute Gasteiger partial charge is 0.356 e. The van der Waals surface area contributed by atoms with E-state index in [9.17, 15) is 4.79 Å². The van der Waals surface area contributed by atoms with Gasteiger partial charge in [0.1, 0.15) is 5.82 Å². The summed E-state index contributed by atoms with van der Waals surface area (Å²) < 4.78 is 2.26. The van der Waals surface area contributed by atoms with Crippen molar-refractivity contribution in [3.8, 4) is 0 Å². The van der Waals surface area contributed by atoms with E-state index < -0.39 is 0 Å². The molecule has 2 N–H and O–H groups in total. The number of aromatic nitrogens is 2. The summed E-state index contributed by atoms with van der Waals surface area (Å²) in [7, 11) is 1.76. The van der Waals surface area contributed by atoms with Gasteiger partial charge in [0.15, 0.2) is 5.96 Å². The number of rotatable bonds is 7. The summed E-state index contributed by atoms with van der Waals surface area (Å²) in [5.41, 5.74) is 2.22. The summed E-state index contributed by atoms with van der Waals surface area (Å²) in [5.74, 6) is 2.03. The Balaban J connectivity index is 1.38.